The van der Waals surface area contributed by atoms with Crippen LogP contribution in [-0.2, 0) is 23.8 Å². The number of hydrogen-bond acceptors (Lipinski definition) is 6. The number of aliphatic carboxylic acids is 1. The Morgan fingerprint density at radius 1 is 1.29 bits per heavy atom. The van der Waals surface area contributed by atoms with Crippen LogP contribution in [0.2, 0.25) is 0 Å². The molecule has 0 aromatic carbocycles. The number of rotatable bonds is 8. The Morgan fingerprint density at radius 3 is 2.36 bits per heavy atom. The third-order valence-corrected chi connectivity index (χ3v) is 4.01. The van der Waals surface area contributed by atoms with Crippen molar-refractivity contribution in [2.45, 2.75) is 64.0 Å². The third-order valence-electron chi connectivity index (χ3n) is 4.01. The summed E-state index contributed by atoms with van der Waals surface area (Å²) in [7, 11) is 1.64. The number of carbonyl (C=O) groups is 2. The largest absolute Gasteiger partial charge is 0.490 e. The molecule has 0 unspecified atom stereocenters. The molecule has 0 amide bonds. The lowest BCUT2D eigenvalue weighted by atomic mass is 9.93. The number of halogens is 3. The smallest absolute Gasteiger partial charge is 0.475 e. The van der Waals surface area contributed by atoms with Gasteiger partial charge in [-0.15, -0.1) is 0 Å². The Labute approximate surface area is 163 Å². The van der Waals surface area contributed by atoms with Gasteiger partial charge in [0.05, 0.1) is 13.2 Å². The van der Waals surface area contributed by atoms with Gasteiger partial charge in [0, 0.05) is 13.0 Å². The number of carbonyl (C=O) groups excluding carboxylic acids is 1. The zero-order valence-electron chi connectivity index (χ0n) is 16.4. The van der Waals surface area contributed by atoms with Crippen LogP contribution >= 0.6 is 0 Å². The van der Waals surface area contributed by atoms with E-state index in [1.165, 1.54) is 12.8 Å². The summed E-state index contributed by atoms with van der Waals surface area (Å²) in [6.45, 7) is 4.67. The minimum atomic E-state index is -5.08. The fourth-order valence-electron chi connectivity index (χ4n) is 2.57. The van der Waals surface area contributed by atoms with E-state index in [0.717, 1.165) is 12.8 Å². The van der Waals surface area contributed by atoms with Crippen LogP contribution in [0.5, 0.6) is 0 Å². The van der Waals surface area contributed by atoms with E-state index in [1.54, 1.807) is 7.11 Å². The molecule has 3 N–H and O–H groups in total. The highest BCUT2D eigenvalue weighted by molar-refractivity contribution is 5.73. The Morgan fingerprint density at radius 2 is 1.89 bits per heavy atom. The first-order valence-corrected chi connectivity index (χ1v) is 9.09. The maximum Gasteiger partial charge on any atom is 0.490 e. The van der Waals surface area contributed by atoms with Crippen molar-refractivity contribution in [2.75, 3.05) is 20.3 Å². The lowest BCUT2D eigenvalue weighted by molar-refractivity contribution is -0.192. The van der Waals surface area contributed by atoms with Gasteiger partial charge in [-0.1, -0.05) is 38.8 Å². The van der Waals surface area contributed by atoms with Gasteiger partial charge in [0.1, 0.15) is 12.2 Å². The topological polar surface area (TPSA) is 108 Å². The standard InChI is InChI=1S/C16H29NO4.C2HF3O2/c1-4-5-6-7-8-9-13-16(21-14(18)10-17)15(19-3)12(2)11-20-13;3-2(4,5)1(6)7/h8-9,12-13,15-16H,4-7,10-11,17H2,1-3H3;(H,6,7)/t12-,13-,15-,16-;/m0./s1. The summed E-state index contributed by atoms with van der Waals surface area (Å²) in [5.41, 5.74) is 5.34. The first-order valence-electron chi connectivity index (χ1n) is 9.09. The molecule has 7 nitrogen and oxygen atoms in total. The van der Waals surface area contributed by atoms with Crippen molar-refractivity contribution in [1.29, 1.82) is 0 Å². The summed E-state index contributed by atoms with van der Waals surface area (Å²) in [4.78, 5) is 20.4. The SMILES string of the molecule is CCCCCC=C[C@@H]1OC[C@H](C)[C@H](OC)[C@H]1OC(=O)CN.O=C(O)C(F)(F)F. The fraction of sp³-hybridized carbons (Fsp3) is 0.778. The summed E-state index contributed by atoms with van der Waals surface area (Å²) in [5, 5.41) is 7.12. The van der Waals surface area contributed by atoms with E-state index in [2.05, 4.69) is 13.0 Å². The third kappa shape index (κ3) is 10.0. The van der Waals surface area contributed by atoms with Gasteiger partial charge < -0.3 is 25.1 Å². The van der Waals surface area contributed by atoms with Crippen LogP contribution < -0.4 is 5.73 Å². The molecule has 0 aliphatic carbocycles. The molecular formula is C18H30F3NO6. The summed E-state index contributed by atoms with van der Waals surface area (Å²) in [5.74, 6) is -3.01. The molecular weight excluding hydrogens is 383 g/mol. The average Bonchev–Trinajstić information content (AvgIpc) is 2.63. The molecule has 164 valence electrons. The van der Waals surface area contributed by atoms with Crippen molar-refractivity contribution in [2.24, 2.45) is 11.7 Å². The minimum Gasteiger partial charge on any atom is -0.475 e. The van der Waals surface area contributed by atoms with Gasteiger partial charge in [0.2, 0.25) is 0 Å². The number of allylic oxidation sites excluding steroid dienone is 1. The molecule has 0 bridgehead atoms. The molecule has 1 heterocycles. The molecule has 0 aromatic heterocycles. The molecule has 0 spiro atoms. The van der Waals surface area contributed by atoms with Crippen molar-refractivity contribution in [3.8, 4) is 0 Å². The van der Waals surface area contributed by atoms with Gasteiger partial charge >= 0.3 is 18.1 Å². The summed E-state index contributed by atoms with van der Waals surface area (Å²) >= 11 is 0. The highest BCUT2D eigenvalue weighted by Gasteiger charge is 2.40. The Balaban J connectivity index is 0.000000887. The van der Waals surface area contributed by atoms with Crippen LogP contribution in [0.15, 0.2) is 12.2 Å². The lowest BCUT2D eigenvalue weighted by Gasteiger charge is -2.39. The number of methoxy groups -OCH3 is 1. The van der Waals surface area contributed by atoms with Gasteiger partial charge in [0.25, 0.3) is 0 Å². The number of hydrogen-bond donors (Lipinski definition) is 2. The number of unbranched alkanes of at least 4 members (excludes halogenated alkanes) is 3. The van der Waals surface area contributed by atoms with E-state index < -0.39 is 24.2 Å². The summed E-state index contributed by atoms with van der Waals surface area (Å²) in [6, 6.07) is 0. The maximum absolute atomic E-state index is 11.5. The second kappa shape index (κ2) is 13.5. The fourth-order valence-corrected chi connectivity index (χ4v) is 2.57. The van der Waals surface area contributed by atoms with Crippen molar-refractivity contribution >= 4 is 11.9 Å². The molecule has 10 heteroatoms. The summed E-state index contributed by atoms with van der Waals surface area (Å²) in [6.07, 6.45) is 2.75. The number of nitrogens with two attached hydrogens (primary N) is 1. The van der Waals surface area contributed by atoms with Gasteiger partial charge in [-0.05, 0) is 12.8 Å². The molecule has 1 saturated heterocycles. The van der Waals surface area contributed by atoms with E-state index in [4.69, 9.17) is 29.8 Å². The minimum absolute atomic E-state index is 0.131. The van der Waals surface area contributed by atoms with Crippen molar-refractivity contribution in [3.05, 3.63) is 12.2 Å². The van der Waals surface area contributed by atoms with Gasteiger partial charge in [-0.3, -0.25) is 4.79 Å². The van der Waals surface area contributed by atoms with E-state index in [-0.39, 0.29) is 24.7 Å². The monoisotopic (exact) mass is 413 g/mol. The van der Waals surface area contributed by atoms with Crippen LogP contribution in [0.1, 0.15) is 39.5 Å². The molecule has 1 aliphatic rings. The number of ether oxygens (including phenoxy) is 3. The van der Waals surface area contributed by atoms with Crippen LogP contribution in [0.25, 0.3) is 0 Å². The maximum atomic E-state index is 11.5. The second-order valence-electron chi connectivity index (χ2n) is 6.36. The predicted octanol–water partition coefficient (Wildman–Crippen LogP) is 2.68. The Hall–Kier alpha value is -1.65. The van der Waals surface area contributed by atoms with E-state index in [9.17, 15) is 18.0 Å². The molecule has 0 saturated carbocycles. The molecule has 0 aromatic rings. The number of esters is 1. The highest BCUT2D eigenvalue weighted by Crippen LogP contribution is 2.26. The average molecular weight is 413 g/mol. The molecule has 4 atom stereocenters. The number of carboxylic acid groups (broad SMARTS) is 1. The first kappa shape index (κ1) is 26.4. The number of carboxylic acids is 1. The van der Waals surface area contributed by atoms with Crippen LogP contribution in [-0.4, -0.2) is 61.8 Å². The van der Waals surface area contributed by atoms with Gasteiger partial charge in [-0.2, -0.15) is 13.2 Å². The van der Waals surface area contributed by atoms with Gasteiger partial charge in [-0.25, -0.2) is 4.79 Å². The summed E-state index contributed by atoms with van der Waals surface area (Å²) < 4.78 is 48.5. The normalized spacial score (nSPS) is 25.1. The van der Waals surface area contributed by atoms with Crippen LogP contribution in [0.4, 0.5) is 13.2 Å². The van der Waals surface area contributed by atoms with E-state index >= 15 is 0 Å². The predicted molar refractivity (Wildman–Crippen MR) is 95.6 cm³/mol. The Kier molecular flexibility index (Phi) is 12.7. The highest BCUT2D eigenvalue weighted by atomic mass is 19.4. The molecule has 1 fully saturated rings. The van der Waals surface area contributed by atoms with E-state index in [1.807, 2.05) is 13.0 Å². The quantitative estimate of drug-likeness (QED) is 0.358. The van der Waals surface area contributed by atoms with Crippen LogP contribution in [0.3, 0.4) is 0 Å². The molecule has 0 radical (unpaired) electrons. The van der Waals surface area contributed by atoms with Crippen molar-refractivity contribution in [3.63, 3.8) is 0 Å². The Bertz CT molecular complexity index is 498. The number of alkyl halides is 3. The second-order valence-corrected chi connectivity index (χ2v) is 6.36. The molecule has 1 aliphatic heterocycles. The zero-order chi connectivity index (χ0) is 21.7. The molecule has 1 rings (SSSR count). The lowest BCUT2D eigenvalue weighted by Crippen LogP contribution is -2.52. The van der Waals surface area contributed by atoms with Crippen molar-refractivity contribution in [1.82, 2.24) is 0 Å². The zero-order valence-corrected chi connectivity index (χ0v) is 16.4. The van der Waals surface area contributed by atoms with Gasteiger partial charge in [0.15, 0.2) is 6.10 Å². The van der Waals surface area contributed by atoms with Crippen molar-refractivity contribution < 1.29 is 42.1 Å². The molecule has 28 heavy (non-hydrogen) atoms. The van der Waals surface area contributed by atoms with E-state index in [0.29, 0.717) is 6.61 Å². The first-order chi connectivity index (χ1) is 13.1. The van der Waals surface area contributed by atoms with Crippen LogP contribution in [0, 0.1) is 5.92 Å².